The molecular weight excluding hydrogens is 238 g/mol. The van der Waals surface area contributed by atoms with Crippen molar-refractivity contribution in [2.24, 2.45) is 5.73 Å². The summed E-state index contributed by atoms with van der Waals surface area (Å²) in [6.07, 6.45) is 0.454. The second-order valence-corrected chi connectivity index (χ2v) is 5.86. The van der Waals surface area contributed by atoms with Gasteiger partial charge in [0.1, 0.15) is 5.82 Å². The SMILES string of the molecule is CCC(C)(C)c1ccc2[nH]c([C@@H](N)[C@@H](C)O)nc2c1. The molecule has 1 heterocycles. The minimum absolute atomic E-state index is 0.139. The minimum atomic E-state index is -0.618. The first kappa shape index (κ1) is 14.0. The molecular formula is C15H23N3O. The number of aliphatic hydroxyl groups excluding tert-OH is 1. The molecule has 0 radical (unpaired) electrons. The fourth-order valence-corrected chi connectivity index (χ4v) is 2.04. The van der Waals surface area contributed by atoms with Crippen LogP contribution in [-0.2, 0) is 5.41 Å². The summed E-state index contributed by atoms with van der Waals surface area (Å²) in [4.78, 5) is 7.68. The topological polar surface area (TPSA) is 74.9 Å². The molecule has 2 aromatic rings. The average Bonchev–Trinajstić information content (AvgIpc) is 2.80. The summed E-state index contributed by atoms with van der Waals surface area (Å²) in [5.74, 6) is 0.636. The van der Waals surface area contributed by atoms with E-state index in [-0.39, 0.29) is 5.41 Å². The fourth-order valence-electron chi connectivity index (χ4n) is 2.04. The molecule has 0 spiro atoms. The van der Waals surface area contributed by atoms with Crippen molar-refractivity contribution in [3.05, 3.63) is 29.6 Å². The van der Waals surface area contributed by atoms with Crippen LogP contribution in [0.3, 0.4) is 0 Å². The van der Waals surface area contributed by atoms with E-state index in [0.29, 0.717) is 5.82 Å². The number of nitrogens with zero attached hydrogens (tertiary/aromatic N) is 1. The van der Waals surface area contributed by atoms with E-state index in [1.807, 2.05) is 6.07 Å². The molecule has 4 N–H and O–H groups in total. The van der Waals surface area contributed by atoms with Gasteiger partial charge in [-0.05, 0) is 36.5 Å². The maximum atomic E-state index is 9.54. The number of hydrogen-bond donors (Lipinski definition) is 3. The van der Waals surface area contributed by atoms with Crippen molar-refractivity contribution in [2.75, 3.05) is 0 Å². The monoisotopic (exact) mass is 261 g/mol. The fraction of sp³-hybridized carbons (Fsp3) is 0.533. The van der Waals surface area contributed by atoms with Gasteiger partial charge in [-0.15, -0.1) is 0 Å². The van der Waals surface area contributed by atoms with Crippen molar-refractivity contribution in [3.63, 3.8) is 0 Å². The van der Waals surface area contributed by atoms with Crippen molar-refractivity contribution in [3.8, 4) is 0 Å². The number of aliphatic hydroxyl groups is 1. The number of hydrogen-bond acceptors (Lipinski definition) is 3. The molecule has 0 unspecified atom stereocenters. The first-order valence-corrected chi connectivity index (χ1v) is 6.79. The smallest absolute Gasteiger partial charge is 0.126 e. The van der Waals surface area contributed by atoms with E-state index in [1.54, 1.807) is 6.92 Å². The normalized spacial score (nSPS) is 15.7. The number of nitrogens with one attached hydrogen (secondary N) is 1. The standard InChI is InChI=1S/C15H23N3O/c1-5-15(3,4)10-6-7-11-12(8-10)18-14(17-11)13(16)9(2)19/h6-9,13,19H,5,16H2,1-4H3,(H,17,18)/t9-,13+/m1/s1. The molecule has 0 aliphatic rings. The molecule has 1 aromatic carbocycles. The lowest BCUT2D eigenvalue weighted by molar-refractivity contribution is 0.161. The number of imidazole rings is 1. The lowest BCUT2D eigenvalue weighted by atomic mass is 9.82. The molecule has 0 bridgehead atoms. The van der Waals surface area contributed by atoms with Crippen LogP contribution in [0.5, 0.6) is 0 Å². The Bertz CT molecular complexity index is 572. The van der Waals surface area contributed by atoms with Crippen molar-refractivity contribution in [1.82, 2.24) is 9.97 Å². The molecule has 0 saturated heterocycles. The van der Waals surface area contributed by atoms with Crippen molar-refractivity contribution in [2.45, 2.75) is 51.7 Å². The van der Waals surface area contributed by atoms with Crippen LogP contribution in [-0.4, -0.2) is 21.2 Å². The van der Waals surface area contributed by atoms with Gasteiger partial charge in [0.15, 0.2) is 0 Å². The summed E-state index contributed by atoms with van der Waals surface area (Å²) in [6, 6.07) is 5.79. The third kappa shape index (κ3) is 2.65. The van der Waals surface area contributed by atoms with Gasteiger partial charge in [-0.25, -0.2) is 4.98 Å². The van der Waals surface area contributed by atoms with Gasteiger partial charge in [0.2, 0.25) is 0 Å². The van der Waals surface area contributed by atoms with Crippen LogP contribution < -0.4 is 5.73 Å². The number of H-pyrrole nitrogens is 1. The Kier molecular flexibility index (Phi) is 3.65. The Labute approximate surface area is 114 Å². The van der Waals surface area contributed by atoms with Crippen LogP contribution in [0, 0.1) is 0 Å². The van der Waals surface area contributed by atoms with Crippen LogP contribution in [0.4, 0.5) is 0 Å². The Morgan fingerprint density at radius 2 is 2.11 bits per heavy atom. The van der Waals surface area contributed by atoms with Crippen molar-refractivity contribution >= 4 is 11.0 Å². The molecule has 19 heavy (non-hydrogen) atoms. The predicted octanol–water partition coefficient (Wildman–Crippen LogP) is 2.63. The molecule has 104 valence electrons. The largest absolute Gasteiger partial charge is 0.391 e. The zero-order valence-electron chi connectivity index (χ0n) is 12.1. The zero-order chi connectivity index (χ0) is 14.2. The lowest BCUT2D eigenvalue weighted by Gasteiger charge is -2.23. The maximum absolute atomic E-state index is 9.54. The molecule has 2 rings (SSSR count). The first-order chi connectivity index (χ1) is 8.85. The number of aromatic amines is 1. The van der Waals surface area contributed by atoms with E-state index in [1.165, 1.54) is 5.56 Å². The number of nitrogens with two attached hydrogens (primary N) is 1. The van der Waals surface area contributed by atoms with Gasteiger partial charge in [-0.1, -0.05) is 26.8 Å². The summed E-state index contributed by atoms with van der Waals surface area (Å²) in [7, 11) is 0. The molecule has 0 saturated carbocycles. The highest BCUT2D eigenvalue weighted by atomic mass is 16.3. The van der Waals surface area contributed by atoms with E-state index >= 15 is 0 Å². The molecule has 0 aliphatic carbocycles. The number of fused-ring (bicyclic) bond motifs is 1. The minimum Gasteiger partial charge on any atom is -0.391 e. The van der Waals surface area contributed by atoms with E-state index in [9.17, 15) is 5.11 Å². The highest BCUT2D eigenvalue weighted by molar-refractivity contribution is 5.76. The number of aromatic nitrogens is 2. The second kappa shape index (κ2) is 4.94. The Morgan fingerprint density at radius 3 is 2.68 bits per heavy atom. The van der Waals surface area contributed by atoms with Crippen molar-refractivity contribution < 1.29 is 5.11 Å². The van der Waals surface area contributed by atoms with Crippen molar-refractivity contribution in [1.29, 1.82) is 0 Å². The first-order valence-electron chi connectivity index (χ1n) is 6.79. The summed E-state index contributed by atoms with van der Waals surface area (Å²) in [5, 5.41) is 9.54. The summed E-state index contributed by atoms with van der Waals surface area (Å²) < 4.78 is 0. The number of benzene rings is 1. The highest BCUT2D eigenvalue weighted by Crippen LogP contribution is 2.29. The summed E-state index contributed by atoms with van der Waals surface area (Å²) >= 11 is 0. The van der Waals surface area contributed by atoms with Crippen LogP contribution in [0.2, 0.25) is 0 Å². The number of rotatable bonds is 4. The lowest BCUT2D eigenvalue weighted by Crippen LogP contribution is -2.24. The highest BCUT2D eigenvalue weighted by Gasteiger charge is 2.20. The molecule has 0 amide bonds. The average molecular weight is 261 g/mol. The summed E-state index contributed by atoms with van der Waals surface area (Å²) in [6.45, 7) is 8.31. The quantitative estimate of drug-likeness (QED) is 0.792. The zero-order valence-corrected chi connectivity index (χ0v) is 12.1. The van der Waals surface area contributed by atoms with E-state index < -0.39 is 12.1 Å². The van der Waals surface area contributed by atoms with Crippen LogP contribution in [0.15, 0.2) is 18.2 Å². The van der Waals surface area contributed by atoms with Gasteiger partial charge in [0.25, 0.3) is 0 Å². The Balaban J connectivity index is 2.44. The van der Waals surface area contributed by atoms with Gasteiger partial charge >= 0.3 is 0 Å². The Hall–Kier alpha value is -1.39. The van der Waals surface area contributed by atoms with Crippen LogP contribution in [0.25, 0.3) is 11.0 Å². The van der Waals surface area contributed by atoms with E-state index in [4.69, 9.17) is 5.73 Å². The van der Waals surface area contributed by atoms with Gasteiger partial charge in [0, 0.05) is 0 Å². The predicted molar refractivity (Wildman–Crippen MR) is 78.0 cm³/mol. The third-order valence-electron chi connectivity index (χ3n) is 4.00. The third-order valence-corrected chi connectivity index (χ3v) is 4.00. The molecule has 0 aliphatic heterocycles. The van der Waals surface area contributed by atoms with Crippen LogP contribution in [0.1, 0.15) is 51.5 Å². The van der Waals surface area contributed by atoms with E-state index in [2.05, 4.69) is 42.9 Å². The van der Waals surface area contributed by atoms with Gasteiger partial charge in [-0.3, -0.25) is 0 Å². The summed E-state index contributed by atoms with van der Waals surface area (Å²) in [5.41, 5.74) is 9.18. The van der Waals surface area contributed by atoms with Gasteiger partial charge in [0.05, 0.1) is 23.2 Å². The Morgan fingerprint density at radius 1 is 1.42 bits per heavy atom. The maximum Gasteiger partial charge on any atom is 0.126 e. The molecule has 4 nitrogen and oxygen atoms in total. The van der Waals surface area contributed by atoms with Crippen LogP contribution >= 0.6 is 0 Å². The molecule has 0 fully saturated rings. The van der Waals surface area contributed by atoms with Gasteiger partial charge in [-0.2, -0.15) is 0 Å². The molecule has 4 heteroatoms. The molecule has 1 aromatic heterocycles. The second-order valence-electron chi connectivity index (χ2n) is 5.86. The molecule has 2 atom stereocenters. The van der Waals surface area contributed by atoms with E-state index in [0.717, 1.165) is 17.5 Å². The van der Waals surface area contributed by atoms with Gasteiger partial charge < -0.3 is 15.8 Å².